The molecule has 5 nitrogen and oxygen atoms in total. The van der Waals surface area contributed by atoms with Crippen molar-refractivity contribution in [3.8, 4) is 6.07 Å². The first kappa shape index (κ1) is 15.8. The number of hydrogen-bond donors (Lipinski definition) is 0. The SMILES string of the molecule is COC(=O)c1ccc(/C=C\C(=O)N(C)C2(C#N)CCC2)cc1. The molecule has 2 rings (SSSR count). The predicted octanol–water partition coefficient (Wildman–Crippen LogP) is 2.39. The van der Waals surface area contributed by atoms with E-state index in [9.17, 15) is 14.9 Å². The molecule has 0 atom stereocenters. The highest BCUT2D eigenvalue weighted by Gasteiger charge is 2.42. The average molecular weight is 298 g/mol. The molecule has 0 saturated heterocycles. The van der Waals surface area contributed by atoms with Gasteiger partial charge in [0.2, 0.25) is 5.91 Å². The van der Waals surface area contributed by atoms with Crippen LogP contribution >= 0.6 is 0 Å². The number of amides is 1. The summed E-state index contributed by atoms with van der Waals surface area (Å²) in [6.07, 6.45) is 5.55. The summed E-state index contributed by atoms with van der Waals surface area (Å²) in [5.41, 5.74) is 0.617. The highest BCUT2D eigenvalue weighted by atomic mass is 16.5. The summed E-state index contributed by atoms with van der Waals surface area (Å²) in [6.45, 7) is 0. The van der Waals surface area contributed by atoms with Gasteiger partial charge in [0.25, 0.3) is 0 Å². The molecule has 1 aromatic carbocycles. The maximum Gasteiger partial charge on any atom is 0.337 e. The summed E-state index contributed by atoms with van der Waals surface area (Å²) < 4.78 is 4.63. The van der Waals surface area contributed by atoms with Gasteiger partial charge in [-0.1, -0.05) is 12.1 Å². The summed E-state index contributed by atoms with van der Waals surface area (Å²) in [4.78, 5) is 25.0. The van der Waals surface area contributed by atoms with Crippen LogP contribution in [0.1, 0.15) is 35.2 Å². The Balaban J connectivity index is 2.04. The summed E-state index contributed by atoms with van der Waals surface area (Å²) in [7, 11) is 2.99. The number of benzene rings is 1. The molecule has 1 aliphatic rings. The average Bonchev–Trinajstić information content (AvgIpc) is 2.51. The molecule has 0 bridgehead atoms. The van der Waals surface area contributed by atoms with Crippen LogP contribution in [-0.4, -0.2) is 36.5 Å². The number of carbonyl (C=O) groups excluding carboxylic acids is 2. The van der Waals surface area contributed by atoms with Crippen LogP contribution in [0.2, 0.25) is 0 Å². The second kappa shape index (κ2) is 6.44. The van der Waals surface area contributed by atoms with Gasteiger partial charge in [0.15, 0.2) is 0 Å². The minimum Gasteiger partial charge on any atom is -0.465 e. The Kier molecular flexibility index (Phi) is 4.62. The van der Waals surface area contributed by atoms with E-state index < -0.39 is 11.5 Å². The normalized spacial score (nSPS) is 15.7. The first-order valence-electron chi connectivity index (χ1n) is 7.08. The topological polar surface area (TPSA) is 70.4 Å². The Bertz CT molecular complexity index is 637. The number of esters is 1. The standard InChI is InChI=1S/C17H18N2O3/c1-19(17(12-18)10-3-11-17)15(20)9-6-13-4-7-14(8-5-13)16(21)22-2/h4-9H,3,10-11H2,1-2H3/b9-6-. The van der Waals surface area contributed by atoms with Gasteiger partial charge in [-0.25, -0.2) is 4.79 Å². The molecule has 0 aliphatic heterocycles. The second-order valence-electron chi connectivity index (χ2n) is 5.34. The molecule has 1 saturated carbocycles. The third-order valence-corrected chi connectivity index (χ3v) is 4.11. The molecule has 0 N–H and O–H groups in total. The largest absolute Gasteiger partial charge is 0.465 e. The Morgan fingerprint density at radius 1 is 1.32 bits per heavy atom. The number of rotatable bonds is 4. The second-order valence-corrected chi connectivity index (χ2v) is 5.34. The zero-order valence-corrected chi connectivity index (χ0v) is 12.7. The van der Waals surface area contributed by atoms with Gasteiger partial charge in [-0.3, -0.25) is 4.79 Å². The van der Waals surface area contributed by atoms with Crippen molar-refractivity contribution in [3.63, 3.8) is 0 Å². The van der Waals surface area contributed by atoms with E-state index in [1.54, 1.807) is 37.4 Å². The molecule has 0 radical (unpaired) electrons. The summed E-state index contributed by atoms with van der Waals surface area (Å²) in [6, 6.07) is 8.99. The minimum atomic E-state index is -0.643. The van der Waals surface area contributed by atoms with E-state index in [1.165, 1.54) is 18.1 Å². The monoisotopic (exact) mass is 298 g/mol. The van der Waals surface area contributed by atoms with Crippen LogP contribution in [0.25, 0.3) is 6.08 Å². The molecular formula is C17H18N2O3. The molecule has 22 heavy (non-hydrogen) atoms. The van der Waals surface area contributed by atoms with E-state index >= 15 is 0 Å². The molecule has 1 aromatic rings. The van der Waals surface area contributed by atoms with Crippen molar-refractivity contribution in [2.45, 2.75) is 24.8 Å². The van der Waals surface area contributed by atoms with Crippen molar-refractivity contribution < 1.29 is 14.3 Å². The molecular weight excluding hydrogens is 280 g/mol. The van der Waals surface area contributed by atoms with Crippen LogP contribution in [-0.2, 0) is 9.53 Å². The molecule has 114 valence electrons. The van der Waals surface area contributed by atoms with E-state index in [2.05, 4.69) is 10.8 Å². The van der Waals surface area contributed by atoms with Crippen LogP contribution in [0.5, 0.6) is 0 Å². The molecule has 1 amide bonds. The van der Waals surface area contributed by atoms with Gasteiger partial charge in [-0.05, 0) is 43.0 Å². The third-order valence-electron chi connectivity index (χ3n) is 4.11. The van der Waals surface area contributed by atoms with Crippen LogP contribution in [0.15, 0.2) is 30.3 Å². The van der Waals surface area contributed by atoms with Crippen molar-refractivity contribution in [1.29, 1.82) is 5.26 Å². The molecule has 1 aliphatic carbocycles. The highest BCUT2D eigenvalue weighted by molar-refractivity contribution is 5.93. The van der Waals surface area contributed by atoms with E-state index in [1.807, 2.05) is 0 Å². The van der Waals surface area contributed by atoms with E-state index in [4.69, 9.17) is 0 Å². The maximum absolute atomic E-state index is 12.2. The Labute approximate surface area is 129 Å². The number of nitriles is 1. The van der Waals surface area contributed by atoms with Crippen LogP contribution in [0, 0.1) is 11.3 Å². The Morgan fingerprint density at radius 3 is 2.41 bits per heavy atom. The van der Waals surface area contributed by atoms with Crippen molar-refractivity contribution in [2.24, 2.45) is 0 Å². The first-order chi connectivity index (χ1) is 10.5. The van der Waals surface area contributed by atoms with E-state index in [0.29, 0.717) is 5.56 Å². The van der Waals surface area contributed by atoms with Gasteiger partial charge in [0.05, 0.1) is 18.7 Å². The van der Waals surface area contributed by atoms with Gasteiger partial charge in [-0.2, -0.15) is 5.26 Å². The van der Waals surface area contributed by atoms with Crippen molar-refractivity contribution in [1.82, 2.24) is 4.90 Å². The lowest BCUT2D eigenvalue weighted by atomic mass is 9.76. The fourth-order valence-electron chi connectivity index (χ4n) is 2.37. The highest BCUT2D eigenvalue weighted by Crippen LogP contribution is 2.36. The molecule has 0 aromatic heterocycles. The number of likely N-dealkylation sites (N-methyl/N-ethyl adjacent to an activating group) is 1. The molecule has 0 unspecified atom stereocenters. The number of carbonyl (C=O) groups is 2. The summed E-state index contributed by atoms with van der Waals surface area (Å²) in [5, 5.41) is 9.24. The number of ether oxygens (including phenoxy) is 1. The maximum atomic E-state index is 12.2. The first-order valence-corrected chi connectivity index (χ1v) is 7.08. The number of methoxy groups -OCH3 is 1. The Morgan fingerprint density at radius 2 is 1.95 bits per heavy atom. The van der Waals surface area contributed by atoms with Crippen LogP contribution < -0.4 is 0 Å². The van der Waals surface area contributed by atoms with Gasteiger partial charge < -0.3 is 9.64 Å². The molecule has 0 heterocycles. The summed E-state index contributed by atoms with van der Waals surface area (Å²) in [5.74, 6) is -0.592. The van der Waals surface area contributed by atoms with Crippen molar-refractivity contribution >= 4 is 18.0 Å². The lowest BCUT2D eigenvalue weighted by Crippen LogP contribution is -2.52. The van der Waals surface area contributed by atoms with E-state index in [-0.39, 0.29) is 5.91 Å². The molecule has 1 fully saturated rings. The van der Waals surface area contributed by atoms with Crippen LogP contribution in [0.4, 0.5) is 0 Å². The zero-order chi connectivity index (χ0) is 16.2. The van der Waals surface area contributed by atoms with Crippen molar-refractivity contribution in [3.05, 3.63) is 41.5 Å². The van der Waals surface area contributed by atoms with Gasteiger partial charge in [0.1, 0.15) is 5.54 Å². The van der Waals surface area contributed by atoms with Gasteiger partial charge in [-0.15, -0.1) is 0 Å². The number of hydrogen-bond acceptors (Lipinski definition) is 4. The minimum absolute atomic E-state index is 0.196. The number of nitrogens with zero attached hydrogens (tertiary/aromatic N) is 2. The fraction of sp³-hybridized carbons (Fsp3) is 0.353. The summed E-state index contributed by atoms with van der Waals surface area (Å²) >= 11 is 0. The lowest BCUT2D eigenvalue weighted by molar-refractivity contribution is -0.130. The predicted molar refractivity (Wildman–Crippen MR) is 81.8 cm³/mol. The third kappa shape index (κ3) is 3.01. The fourth-order valence-corrected chi connectivity index (χ4v) is 2.37. The van der Waals surface area contributed by atoms with E-state index in [0.717, 1.165) is 24.8 Å². The van der Waals surface area contributed by atoms with Gasteiger partial charge >= 0.3 is 5.97 Å². The molecule has 5 heteroatoms. The smallest absolute Gasteiger partial charge is 0.337 e. The quantitative estimate of drug-likeness (QED) is 0.632. The Hall–Kier alpha value is -2.61. The van der Waals surface area contributed by atoms with Crippen molar-refractivity contribution in [2.75, 3.05) is 14.2 Å². The molecule has 0 spiro atoms. The lowest BCUT2D eigenvalue weighted by Gasteiger charge is -2.42. The van der Waals surface area contributed by atoms with Crippen LogP contribution in [0.3, 0.4) is 0 Å². The van der Waals surface area contributed by atoms with Gasteiger partial charge in [0, 0.05) is 13.1 Å². The zero-order valence-electron chi connectivity index (χ0n) is 12.7.